The normalized spacial score (nSPS) is 18.7. The second-order valence-electron chi connectivity index (χ2n) is 5.86. The Kier molecular flexibility index (Phi) is 5.30. The van der Waals surface area contributed by atoms with Crippen molar-refractivity contribution in [2.75, 3.05) is 6.54 Å². The number of esters is 1. The number of amides is 1. The Morgan fingerprint density at radius 1 is 1.08 bits per heavy atom. The van der Waals surface area contributed by atoms with Gasteiger partial charge in [-0.2, -0.15) is 0 Å². The van der Waals surface area contributed by atoms with Crippen molar-refractivity contribution in [1.29, 1.82) is 0 Å². The standard InChI is InChI=1S/C19H18BrNO3/c20-15-8-6-14(7-9-15)16-10-17(16)19(23)21-11-18(22)24-12-13-4-2-1-3-5-13/h1-9,16-17H,10-12H2,(H,21,23). The smallest absolute Gasteiger partial charge is 0.325 e. The van der Waals surface area contributed by atoms with Gasteiger partial charge in [-0.15, -0.1) is 0 Å². The molecule has 24 heavy (non-hydrogen) atoms. The summed E-state index contributed by atoms with van der Waals surface area (Å²) in [7, 11) is 0. The number of benzene rings is 2. The maximum absolute atomic E-state index is 12.1. The lowest BCUT2D eigenvalue weighted by Gasteiger charge is -2.07. The summed E-state index contributed by atoms with van der Waals surface area (Å²) in [6, 6.07) is 17.5. The number of nitrogens with one attached hydrogen (secondary N) is 1. The number of carbonyl (C=O) groups is 2. The molecular weight excluding hydrogens is 370 g/mol. The number of rotatable bonds is 6. The Bertz CT molecular complexity index is 715. The highest BCUT2D eigenvalue weighted by atomic mass is 79.9. The molecule has 0 saturated heterocycles. The third kappa shape index (κ3) is 4.45. The van der Waals surface area contributed by atoms with Crippen LogP contribution in [0.3, 0.4) is 0 Å². The average Bonchev–Trinajstić information content (AvgIpc) is 3.40. The van der Waals surface area contributed by atoms with Crippen molar-refractivity contribution in [3.63, 3.8) is 0 Å². The van der Waals surface area contributed by atoms with Crippen LogP contribution in [0.15, 0.2) is 59.1 Å². The Balaban J connectivity index is 1.40. The van der Waals surface area contributed by atoms with Gasteiger partial charge in [-0.3, -0.25) is 9.59 Å². The van der Waals surface area contributed by atoms with E-state index in [0.717, 1.165) is 22.0 Å². The van der Waals surface area contributed by atoms with Gasteiger partial charge >= 0.3 is 5.97 Å². The summed E-state index contributed by atoms with van der Waals surface area (Å²) in [5.74, 6) is -0.306. The maximum atomic E-state index is 12.1. The van der Waals surface area contributed by atoms with E-state index >= 15 is 0 Å². The zero-order chi connectivity index (χ0) is 16.9. The number of hydrogen-bond acceptors (Lipinski definition) is 3. The fourth-order valence-electron chi connectivity index (χ4n) is 2.64. The number of carbonyl (C=O) groups excluding carboxylic acids is 2. The first kappa shape index (κ1) is 16.7. The first-order chi connectivity index (χ1) is 11.6. The predicted octanol–water partition coefficient (Wildman–Crippen LogP) is 3.41. The van der Waals surface area contributed by atoms with Gasteiger partial charge in [0.15, 0.2) is 0 Å². The summed E-state index contributed by atoms with van der Waals surface area (Å²) in [4.78, 5) is 23.8. The molecule has 0 radical (unpaired) electrons. The average molecular weight is 388 g/mol. The van der Waals surface area contributed by atoms with Crippen molar-refractivity contribution >= 4 is 27.8 Å². The quantitative estimate of drug-likeness (QED) is 0.772. The molecule has 0 aliphatic heterocycles. The molecule has 1 amide bonds. The van der Waals surface area contributed by atoms with Gasteiger partial charge in [-0.1, -0.05) is 58.4 Å². The van der Waals surface area contributed by atoms with Crippen LogP contribution < -0.4 is 5.32 Å². The molecule has 0 heterocycles. The largest absolute Gasteiger partial charge is 0.460 e. The summed E-state index contributed by atoms with van der Waals surface area (Å²) in [5.41, 5.74) is 2.08. The van der Waals surface area contributed by atoms with E-state index < -0.39 is 5.97 Å². The fourth-order valence-corrected chi connectivity index (χ4v) is 2.91. The van der Waals surface area contributed by atoms with Gasteiger partial charge in [0.1, 0.15) is 13.2 Å². The van der Waals surface area contributed by atoms with E-state index in [1.165, 1.54) is 0 Å². The van der Waals surface area contributed by atoms with Crippen molar-refractivity contribution in [3.8, 4) is 0 Å². The molecule has 2 unspecified atom stereocenters. The monoisotopic (exact) mass is 387 g/mol. The topological polar surface area (TPSA) is 55.4 Å². The van der Waals surface area contributed by atoms with Crippen LogP contribution in [0.5, 0.6) is 0 Å². The number of halogens is 1. The molecule has 4 nitrogen and oxygen atoms in total. The number of ether oxygens (including phenoxy) is 1. The predicted molar refractivity (Wildman–Crippen MR) is 94.2 cm³/mol. The zero-order valence-corrected chi connectivity index (χ0v) is 14.7. The maximum Gasteiger partial charge on any atom is 0.325 e. The Morgan fingerprint density at radius 3 is 2.50 bits per heavy atom. The van der Waals surface area contributed by atoms with Gasteiger partial charge in [0.05, 0.1) is 0 Å². The number of hydrogen-bond donors (Lipinski definition) is 1. The van der Waals surface area contributed by atoms with Crippen molar-refractivity contribution in [2.45, 2.75) is 18.9 Å². The lowest BCUT2D eigenvalue weighted by molar-refractivity contribution is -0.145. The lowest BCUT2D eigenvalue weighted by atomic mass is 10.1. The molecule has 5 heteroatoms. The molecular formula is C19H18BrNO3. The Hall–Kier alpha value is -2.14. The van der Waals surface area contributed by atoms with E-state index in [2.05, 4.69) is 21.2 Å². The fraction of sp³-hybridized carbons (Fsp3) is 0.263. The van der Waals surface area contributed by atoms with Crippen LogP contribution in [0.4, 0.5) is 0 Å². The molecule has 0 bridgehead atoms. The van der Waals surface area contributed by atoms with E-state index in [-0.39, 0.29) is 30.9 Å². The minimum Gasteiger partial charge on any atom is -0.460 e. The lowest BCUT2D eigenvalue weighted by Crippen LogP contribution is -2.32. The molecule has 3 rings (SSSR count). The van der Waals surface area contributed by atoms with Crippen molar-refractivity contribution in [1.82, 2.24) is 5.32 Å². The molecule has 1 N–H and O–H groups in total. The van der Waals surface area contributed by atoms with E-state index in [9.17, 15) is 9.59 Å². The zero-order valence-electron chi connectivity index (χ0n) is 13.1. The molecule has 0 aromatic heterocycles. The van der Waals surface area contributed by atoms with Gasteiger partial charge < -0.3 is 10.1 Å². The highest BCUT2D eigenvalue weighted by molar-refractivity contribution is 9.10. The third-order valence-electron chi connectivity index (χ3n) is 4.07. The van der Waals surface area contributed by atoms with Crippen molar-refractivity contribution < 1.29 is 14.3 Å². The Labute approximate surface area is 149 Å². The molecule has 124 valence electrons. The highest BCUT2D eigenvalue weighted by Crippen LogP contribution is 2.47. The summed E-state index contributed by atoms with van der Waals surface area (Å²) in [5, 5.41) is 2.67. The van der Waals surface area contributed by atoms with Crippen LogP contribution in [-0.4, -0.2) is 18.4 Å². The summed E-state index contributed by atoms with van der Waals surface area (Å²) in [6.45, 7) is 0.135. The van der Waals surface area contributed by atoms with Crippen LogP contribution in [-0.2, 0) is 20.9 Å². The minimum atomic E-state index is -0.423. The second kappa shape index (κ2) is 7.62. The van der Waals surface area contributed by atoms with Crippen molar-refractivity contribution in [3.05, 3.63) is 70.2 Å². The molecule has 1 aliphatic carbocycles. The summed E-state index contributed by atoms with van der Waals surface area (Å²) >= 11 is 3.40. The van der Waals surface area contributed by atoms with E-state index in [4.69, 9.17) is 4.74 Å². The molecule has 2 atom stereocenters. The van der Waals surface area contributed by atoms with Crippen LogP contribution in [0, 0.1) is 5.92 Å². The second-order valence-corrected chi connectivity index (χ2v) is 6.78. The highest BCUT2D eigenvalue weighted by Gasteiger charge is 2.43. The van der Waals surface area contributed by atoms with Crippen molar-refractivity contribution in [2.24, 2.45) is 5.92 Å². The first-order valence-electron chi connectivity index (χ1n) is 7.86. The van der Waals surface area contributed by atoms with E-state index in [0.29, 0.717) is 0 Å². The van der Waals surface area contributed by atoms with Crippen LogP contribution in [0.1, 0.15) is 23.5 Å². The van der Waals surface area contributed by atoms with Gasteiger partial charge in [0, 0.05) is 10.4 Å². The van der Waals surface area contributed by atoms with Gasteiger partial charge in [-0.05, 0) is 35.6 Å². The molecule has 0 spiro atoms. The van der Waals surface area contributed by atoms with E-state index in [1.54, 1.807) is 0 Å². The third-order valence-corrected chi connectivity index (χ3v) is 4.60. The van der Waals surface area contributed by atoms with E-state index in [1.807, 2.05) is 54.6 Å². The summed E-state index contributed by atoms with van der Waals surface area (Å²) < 4.78 is 6.17. The van der Waals surface area contributed by atoms with Gasteiger partial charge in [-0.25, -0.2) is 0 Å². The minimum absolute atomic E-state index is 0.0481. The van der Waals surface area contributed by atoms with Gasteiger partial charge in [0.25, 0.3) is 0 Å². The molecule has 2 aromatic rings. The Morgan fingerprint density at radius 2 is 1.79 bits per heavy atom. The molecule has 1 aliphatic rings. The SMILES string of the molecule is O=C(CNC(=O)C1CC1c1ccc(Br)cc1)OCc1ccccc1. The van der Waals surface area contributed by atoms with Crippen LogP contribution in [0.2, 0.25) is 0 Å². The van der Waals surface area contributed by atoms with Crippen LogP contribution >= 0.6 is 15.9 Å². The molecule has 1 saturated carbocycles. The van der Waals surface area contributed by atoms with Crippen LogP contribution in [0.25, 0.3) is 0 Å². The summed E-state index contributed by atoms with van der Waals surface area (Å²) in [6.07, 6.45) is 0.826. The molecule has 2 aromatic carbocycles. The van der Waals surface area contributed by atoms with Gasteiger partial charge in [0.2, 0.25) is 5.91 Å². The molecule has 1 fully saturated rings. The first-order valence-corrected chi connectivity index (χ1v) is 8.65.